The van der Waals surface area contributed by atoms with Crippen LogP contribution in [0.3, 0.4) is 0 Å². The highest BCUT2D eigenvalue weighted by Crippen LogP contribution is 2.13. The Morgan fingerprint density at radius 2 is 1.85 bits per heavy atom. The lowest BCUT2D eigenvalue weighted by Gasteiger charge is -2.08. The number of thiocarbonyl (C=S) groups is 1. The van der Waals surface area contributed by atoms with Gasteiger partial charge in [0.2, 0.25) is 5.91 Å². The van der Waals surface area contributed by atoms with Gasteiger partial charge >= 0.3 is 0 Å². The number of nitro groups is 1. The van der Waals surface area contributed by atoms with Gasteiger partial charge in [0.15, 0.2) is 5.11 Å². The van der Waals surface area contributed by atoms with Gasteiger partial charge in [-0.1, -0.05) is 12.1 Å². The van der Waals surface area contributed by atoms with Crippen molar-refractivity contribution in [3.8, 4) is 5.75 Å². The van der Waals surface area contributed by atoms with Crippen LogP contribution >= 0.6 is 12.2 Å². The number of nitrogens with one attached hydrogen (secondary N) is 2. The molecule has 2 aromatic carbocycles. The summed E-state index contributed by atoms with van der Waals surface area (Å²) in [5.74, 6) is 0.372. The fourth-order valence-electron chi connectivity index (χ4n) is 2.00. The van der Waals surface area contributed by atoms with Crippen LogP contribution < -0.4 is 15.4 Å². The van der Waals surface area contributed by atoms with Gasteiger partial charge in [-0.15, -0.1) is 0 Å². The Labute approximate surface area is 155 Å². The number of amides is 1. The summed E-state index contributed by atoms with van der Waals surface area (Å²) in [6.07, 6.45) is 2.85. The van der Waals surface area contributed by atoms with Crippen LogP contribution in [-0.4, -0.2) is 23.1 Å². The second-order valence-electron chi connectivity index (χ2n) is 5.20. The Kier molecular flexibility index (Phi) is 6.81. The van der Waals surface area contributed by atoms with Gasteiger partial charge in [-0.25, -0.2) is 0 Å². The summed E-state index contributed by atoms with van der Waals surface area (Å²) >= 11 is 5.08. The molecule has 0 saturated heterocycles. The quantitative estimate of drug-likeness (QED) is 0.351. The van der Waals surface area contributed by atoms with Gasteiger partial charge in [-0.3, -0.25) is 20.2 Å². The Balaban J connectivity index is 1.80. The summed E-state index contributed by atoms with van der Waals surface area (Å²) < 4.78 is 5.08. The van der Waals surface area contributed by atoms with E-state index in [0.29, 0.717) is 12.1 Å². The molecule has 0 aliphatic heterocycles. The van der Waals surface area contributed by atoms with Crippen LogP contribution in [0.1, 0.15) is 11.1 Å². The van der Waals surface area contributed by atoms with Crippen LogP contribution in [0.2, 0.25) is 0 Å². The summed E-state index contributed by atoms with van der Waals surface area (Å²) in [6, 6.07) is 13.3. The normalized spacial score (nSPS) is 10.3. The van der Waals surface area contributed by atoms with E-state index in [4.69, 9.17) is 17.0 Å². The van der Waals surface area contributed by atoms with Crippen molar-refractivity contribution in [3.63, 3.8) is 0 Å². The van der Waals surface area contributed by atoms with Crippen molar-refractivity contribution >= 4 is 35.0 Å². The van der Waals surface area contributed by atoms with E-state index in [9.17, 15) is 14.9 Å². The lowest BCUT2D eigenvalue weighted by Crippen LogP contribution is -2.37. The number of hydrogen-bond donors (Lipinski definition) is 2. The molecule has 2 aromatic rings. The first-order chi connectivity index (χ1) is 12.5. The third kappa shape index (κ3) is 5.99. The van der Waals surface area contributed by atoms with Gasteiger partial charge in [0, 0.05) is 24.8 Å². The number of rotatable bonds is 6. The molecule has 1 amide bonds. The highest BCUT2D eigenvalue weighted by atomic mass is 32.1. The van der Waals surface area contributed by atoms with Crippen molar-refractivity contribution in [2.45, 2.75) is 6.54 Å². The number of methoxy groups -OCH3 is 1. The largest absolute Gasteiger partial charge is 0.497 e. The zero-order valence-electron chi connectivity index (χ0n) is 14.0. The SMILES string of the molecule is COc1ccc(CNC(=S)NC(=O)/C=C/c2ccc([N+](=O)[O-])cc2)cc1. The van der Waals surface area contributed by atoms with Crippen molar-refractivity contribution in [3.05, 3.63) is 75.8 Å². The van der Waals surface area contributed by atoms with E-state index in [0.717, 1.165) is 11.3 Å². The molecular formula is C18H17N3O4S. The molecule has 0 unspecified atom stereocenters. The molecule has 134 valence electrons. The monoisotopic (exact) mass is 371 g/mol. The molecule has 0 spiro atoms. The maximum absolute atomic E-state index is 11.8. The molecule has 0 radical (unpaired) electrons. The van der Waals surface area contributed by atoms with Crippen molar-refractivity contribution in [1.82, 2.24) is 10.6 Å². The first kappa shape index (κ1) is 19.1. The standard InChI is InChI=1S/C18H17N3O4S/c1-25-16-9-4-14(5-10-16)12-19-18(26)20-17(22)11-6-13-2-7-15(8-3-13)21(23)24/h2-11H,12H2,1H3,(H2,19,20,22,26)/b11-6+. The number of ether oxygens (including phenoxy) is 1. The zero-order chi connectivity index (χ0) is 18.9. The van der Waals surface area contributed by atoms with Gasteiger partial charge < -0.3 is 10.1 Å². The lowest BCUT2D eigenvalue weighted by molar-refractivity contribution is -0.384. The third-order valence-electron chi connectivity index (χ3n) is 3.38. The first-order valence-electron chi connectivity index (χ1n) is 7.62. The second-order valence-corrected chi connectivity index (χ2v) is 5.61. The number of hydrogen-bond acceptors (Lipinski definition) is 5. The van der Waals surface area contributed by atoms with E-state index in [2.05, 4.69) is 10.6 Å². The summed E-state index contributed by atoms with van der Waals surface area (Å²) in [4.78, 5) is 22.0. The Morgan fingerprint density at radius 1 is 1.19 bits per heavy atom. The Hall–Kier alpha value is -3.26. The van der Waals surface area contributed by atoms with Crippen molar-refractivity contribution in [1.29, 1.82) is 0 Å². The first-order valence-corrected chi connectivity index (χ1v) is 8.03. The van der Waals surface area contributed by atoms with Crippen LogP contribution in [0.5, 0.6) is 5.75 Å². The molecule has 26 heavy (non-hydrogen) atoms. The molecule has 0 aromatic heterocycles. The highest BCUT2D eigenvalue weighted by molar-refractivity contribution is 7.80. The minimum absolute atomic E-state index is 0.00416. The molecule has 0 aliphatic rings. The van der Waals surface area contributed by atoms with Crippen LogP contribution in [0.4, 0.5) is 5.69 Å². The number of nitro benzene ring substituents is 1. The average molecular weight is 371 g/mol. The maximum atomic E-state index is 11.8. The summed E-state index contributed by atoms with van der Waals surface area (Å²) in [5, 5.41) is 16.3. The van der Waals surface area contributed by atoms with Crippen molar-refractivity contribution in [2.24, 2.45) is 0 Å². The fourth-order valence-corrected chi connectivity index (χ4v) is 2.18. The zero-order valence-corrected chi connectivity index (χ0v) is 14.8. The van der Waals surface area contributed by atoms with Gasteiger partial charge in [0.25, 0.3) is 5.69 Å². The van der Waals surface area contributed by atoms with Gasteiger partial charge in [0.05, 0.1) is 12.0 Å². The average Bonchev–Trinajstić information content (AvgIpc) is 2.65. The molecule has 0 saturated carbocycles. The molecule has 0 fully saturated rings. The van der Waals surface area contributed by atoms with E-state index >= 15 is 0 Å². The molecule has 0 bridgehead atoms. The minimum atomic E-state index is -0.479. The molecule has 2 N–H and O–H groups in total. The minimum Gasteiger partial charge on any atom is -0.497 e. The van der Waals surface area contributed by atoms with E-state index in [1.54, 1.807) is 25.3 Å². The van der Waals surface area contributed by atoms with Crippen LogP contribution in [0.15, 0.2) is 54.6 Å². The Bertz CT molecular complexity index is 817. The third-order valence-corrected chi connectivity index (χ3v) is 3.63. The molecular weight excluding hydrogens is 354 g/mol. The number of carbonyl (C=O) groups excluding carboxylic acids is 1. The van der Waals surface area contributed by atoms with Gasteiger partial charge in [-0.05, 0) is 53.7 Å². The van der Waals surface area contributed by atoms with E-state index in [1.165, 1.54) is 18.2 Å². The fraction of sp³-hybridized carbons (Fsp3) is 0.111. The van der Waals surface area contributed by atoms with E-state index in [-0.39, 0.29) is 10.8 Å². The highest BCUT2D eigenvalue weighted by Gasteiger charge is 2.04. The predicted molar refractivity (Wildman–Crippen MR) is 103 cm³/mol. The van der Waals surface area contributed by atoms with Crippen molar-refractivity contribution in [2.75, 3.05) is 7.11 Å². The van der Waals surface area contributed by atoms with Crippen molar-refractivity contribution < 1.29 is 14.5 Å². The Morgan fingerprint density at radius 3 is 2.42 bits per heavy atom. The summed E-state index contributed by atoms with van der Waals surface area (Å²) in [5.41, 5.74) is 1.65. The maximum Gasteiger partial charge on any atom is 0.269 e. The number of benzene rings is 2. The summed E-state index contributed by atoms with van der Waals surface area (Å²) in [7, 11) is 1.60. The molecule has 8 heteroatoms. The number of non-ortho nitro benzene ring substituents is 1. The predicted octanol–water partition coefficient (Wildman–Crippen LogP) is 2.81. The smallest absolute Gasteiger partial charge is 0.269 e. The van der Waals surface area contributed by atoms with Crippen LogP contribution in [0.25, 0.3) is 6.08 Å². The van der Waals surface area contributed by atoms with E-state index < -0.39 is 10.8 Å². The number of carbonyl (C=O) groups is 1. The molecule has 7 nitrogen and oxygen atoms in total. The molecule has 0 heterocycles. The molecule has 2 rings (SSSR count). The molecule has 0 aliphatic carbocycles. The second kappa shape index (κ2) is 9.28. The van der Waals surface area contributed by atoms with Crippen LogP contribution in [-0.2, 0) is 11.3 Å². The van der Waals surface area contributed by atoms with E-state index in [1.807, 2.05) is 24.3 Å². The molecule has 0 atom stereocenters. The van der Waals surface area contributed by atoms with Gasteiger partial charge in [0.1, 0.15) is 5.75 Å². The number of nitrogens with zero attached hydrogens (tertiary/aromatic N) is 1. The lowest BCUT2D eigenvalue weighted by atomic mass is 10.2. The summed E-state index contributed by atoms with van der Waals surface area (Å²) in [6.45, 7) is 0.467. The van der Waals surface area contributed by atoms with Gasteiger partial charge in [-0.2, -0.15) is 0 Å². The topological polar surface area (TPSA) is 93.5 Å². The van der Waals surface area contributed by atoms with Crippen LogP contribution in [0, 0.1) is 10.1 Å².